The van der Waals surface area contributed by atoms with Crippen molar-refractivity contribution >= 4 is 11.9 Å². The van der Waals surface area contributed by atoms with Crippen LogP contribution in [0.2, 0.25) is 0 Å². The Morgan fingerprint density at radius 1 is 0.838 bits per heavy atom. The molecule has 0 aliphatic rings. The fraction of sp³-hybridized carbons (Fsp3) is 0.286. The maximum absolute atomic E-state index is 14.7. The van der Waals surface area contributed by atoms with Crippen LogP contribution >= 0.6 is 0 Å². The van der Waals surface area contributed by atoms with E-state index in [0.29, 0.717) is 28.2 Å². The zero-order valence-electron chi connectivity index (χ0n) is 21.2. The van der Waals surface area contributed by atoms with Gasteiger partial charge in [-0.25, -0.2) is 14.0 Å². The Morgan fingerprint density at radius 3 is 1.97 bits per heavy atom. The predicted octanol–water partition coefficient (Wildman–Crippen LogP) is 4.76. The first-order valence-electron chi connectivity index (χ1n) is 11.3. The Labute approximate surface area is 215 Å². The molecule has 198 valence electrons. The molecule has 0 fully saturated rings. The zero-order chi connectivity index (χ0) is 27.5. The Balaban J connectivity index is 2.21. The van der Waals surface area contributed by atoms with Gasteiger partial charge in [-0.05, 0) is 56.2 Å². The van der Waals surface area contributed by atoms with Crippen LogP contribution < -0.4 is 14.2 Å². The number of hydrogen-bond donors (Lipinski definition) is 1. The molecule has 0 heterocycles. The number of rotatable bonds is 14. The summed E-state index contributed by atoms with van der Waals surface area (Å²) in [5.74, 6) is -1.15. The standard InChI is InChI=1S/C28H31FO8/c1-17(2)26(30)35-13-11-33-21-8-9-22(25(16-21)34-12-14-36-27(31)18(3)4)20-7-10-24(23(29)15-20)37-28(32)19(5)6/h7-10,15-16,28,32H,1,3,5,11-14H2,2,4,6H3. The molecule has 0 aliphatic carbocycles. The molecular weight excluding hydrogens is 483 g/mol. The zero-order valence-corrected chi connectivity index (χ0v) is 21.2. The van der Waals surface area contributed by atoms with E-state index in [1.807, 2.05) is 0 Å². The van der Waals surface area contributed by atoms with Gasteiger partial charge in [0.1, 0.15) is 37.9 Å². The highest BCUT2D eigenvalue weighted by molar-refractivity contribution is 5.87. The van der Waals surface area contributed by atoms with Gasteiger partial charge in [0.25, 0.3) is 0 Å². The van der Waals surface area contributed by atoms with E-state index >= 15 is 0 Å². The topological polar surface area (TPSA) is 101 Å². The average molecular weight is 515 g/mol. The van der Waals surface area contributed by atoms with Crippen LogP contribution in [0.5, 0.6) is 17.2 Å². The first-order valence-corrected chi connectivity index (χ1v) is 11.3. The van der Waals surface area contributed by atoms with Gasteiger partial charge in [0.05, 0.1) is 0 Å². The summed E-state index contributed by atoms with van der Waals surface area (Å²) < 4.78 is 41.4. The number of benzene rings is 2. The third kappa shape index (κ3) is 9.12. The molecule has 37 heavy (non-hydrogen) atoms. The van der Waals surface area contributed by atoms with E-state index in [1.54, 1.807) is 38.1 Å². The first kappa shape index (κ1) is 29.1. The van der Waals surface area contributed by atoms with Gasteiger partial charge >= 0.3 is 11.9 Å². The van der Waals surface area contributed by atoms with E-state index in [2.05, 4.69) is 19.7 Å². The van der Waals surface area contributed by atoms with Gasteiger partial charge in [-0.1, -0.05) is 25.8 Å². The lowest BCUT2D eigenvalue weighted by molar-refractivity contribution is -0.140. The average Bonchev–Trinajstić information content (AvgIpc) is 2.85. The fourth-order valence-corrected chi connectivity index (χ4v) is 2.76. The minimum absolute atomic E-state index is 0.0141. The normalized spacial score (nSPS) is 11.2. The molecular formula is C28H31FO8. The minimum Gasteiger partial charge on any atom is -0.490 e. The molecule has 9 heteroatoms. The molecule has 1 atom stereocenters. The summed E-state index contributed by atoms with van der Waals surface area (Å²) in [5.41, 5.74) is 1.86. The Bertz CT molecular complexity index is 1170. The second-order valence-corrected chi connectivity index (χ2v) is 8.15. The highest BCUT2D eigenvalue weighted by atomic mass is 19.1. The van der Waals surface area contributed by atoms with E-state index in [1.165, 1.54) is 19.1 Å². The van der Waals surface area contributed by atoms with Crippen LogP contribution in [0.1, 0.15) is 20.8 Å². The summed E-state index contributed by atoms with van der Waals surface area (Å²) in [7, 11) is 0. The monoisotopic (exact) mass is 514 g/mol. The summed E-state index contributed by atoms with van der Waals surface area (Å²) >= 11 is 0. The Hall–Kier alpha value is -4.11. The summed E-state index contributed by atoms with van der Waals surface area (Å²) in [6.45, 7) is 15.3. The van der Waals surface area contributed by atoms with Crippen molar-refractivity contribution in [1.29, 1.82) is 0 Å². The number of ether oxygens (including phenoxy) is 5. The molecule has 2 aromatic rings. The minimum atomic E-state index is -1.34. The molecule has 0 amide bonds. The second-order valence-electron chi connectivity index (χ2n) is 8.15. The number of esters is 2. The highest BCUT2D eigenvalue weighted by Crippen LogP contribution is 2.35. The number of hydrogen-bond acceptors (Lipinski definition) is 8. The van der Waals surface area contributed by atoms with Crippen LogP contribution in [-0.2, 0) is 19.1 Å². The molecule has 1 unspecified atom stereocenters. The van der Waals surface area contributed by atoms with Gasteiger partial charge in [0.15, 0.2) is 11.6 Å². The van der Waals surface area contributed by atoms with Crippen molar-refractivity contribution in [2.75, 3.05) is 26.4 Å². The molecule has 0 bridgehead atoms. The maximum Gasteiger partial charge on any atom is 0.333 e. The van der Waals surface area contributed by atoms with Gasteiger partial charge < -0.3 is 28.8 Å². The lowest BCUT2D eigenvalue weighted by atomic mass is 10.0. The molecule has 8 nitrogen and oxygen atoms in total. The van der Waals surface area contributed by atoms with Gasteiger partial charge in [0, 0.05) is 22.8 Å². The largest absolute Gasteiger partial charge is 0.490 e. The molecule has 0 radical (unpaired) electrons. The van der Waals surface area contributed by atoms with Crippen LogP contribution in [0, 0.1) is 5.82 Å². The highest BCUT2D eigenvalue weighted by Gasteiger charge is 2.15. The van der Waals surface area contributed by atoms with E-state index in [9.17, 15) is 19.1 Å². The van der Waals surface area contributed by atoms with Gasteiger partial charge in [-0.3, -0.25) is 0 Å². The van der Waals surface area contributed by atoms with Crippen molar-refractivity contribution in [1.82, 2.24) is 0 Å². The number of aliphatic hydroxyl groups excluding tert-OH is 1. The summed E-state index contributed by atoms with van der Waals surface area (Å²) in [5, 5.41) is 9.81. The molecule has 2 aromatic carbocycles. The number of carbonyl (C=O) groups excluding carboxylic acids is 2. The van der Waals surface area contributed by atoms with Gasteiger partial charge in [-0.2, -0.15) is 0 Å². The summed E-state index contributed by atoms with van der Waals surface area (Å²) in [6, 6.07) is 9.13. The van der Waals surface area contributed by atoms with Crippen molar-refractivity contribution in [3.05, 3.63) is 78.7 Å². The Morgan fingerprint density at radius 2 is 1.43 bits per heavy atom. The van der Waals surface area contributed by atoms with E-state index in [0.717, 1.165) is 0 Å². The molecule has 0 saturated carbocycles. The van der Waals surface area contributed by atoms with Crippen molar-refractivity contribution in [2.45, 2.75) is 27.1 Å². The molecule has 2 rings (SSSR count). The number of carbonyl (C=O) groups is 2. The van der Waals surface area contributed by atoms with Crippen LogP contribution in [0.15, 0.2) is 72.9 Å². The van der Waals surface area contributed by atoms with Gasteiger partial charge in [0.2, 0.25) is 6.29 Å². The quantitative estimate of drug-likeness (QED) is 0.127. The third-order valence-corrected chi connectivity index (χ3v) is 4.71. The van der Waals surface area contributed by atoms with Crippen LogP contribution in [0.25, 0.3) is 11.1 Å². The van der Waals surface area contributed by atoms with Crippen molar-refractivity contribution in [3.8, 4) is 28.4 Å². The van der Waals surface area contributed by atoms with Crippen molar-refractivity contribution in [2.24, 2.45) is 0 Å². The Kier molecular flexibility index (Phi) is 10.9. The van der Waals surface area contributed by atoms with E-state index in [4.69, 9.17) is 23.7 Å². The number of halogens is 1. The smallest absolute Gasteiger partial charge is 0.333 e. The van der Waals surface area contributed by atoms with Crippen molar-refractivity contribution < 1.29 is 42.8 Å². The number of aliphatic hydroxyl groups is 1. The van der Waals surface area contributed by atoms with Gasteiger partial charge in [-0.15, -0.1) is 0 Å². The third-order valence-electron chi connectivity index (χ3n) is 4.71. The van der Waals surface area contributed by atoms with Crippen LogP contribution in [-0.4, -0.2) is 49.8 Å². The first-order chi connectivity index (χ1) is 17.5. The molecule has 0 spiro atoms. The van der Waals surface area contributed by atoms with E-state index < -0.39 is 24.0 Å². The van der Waals surface area contributed by atoms with Crippen LogP contribution in [0.4, 0.5) is 4.39 Å². The maximum atomic E-state index is 14.7. The molecule has 1 N–H and O–H groups in total. The molecule has 0 aliphatic heterocycles. The predicted molar refractivity (Wildman–Crippen MR) is 136 cm³/mol. The fourth-order valence-electron chi connectivity index (χ4n) is 2.76. The van der Waals surface area contributed by atoms with E-state index in [-0.39, 0.29) is 43.3 Å². The van der Waals surface area contributed by atoms with Crippen LogP contribution in [0.3, 0.4) is 0 Å². The summed E-state index contributed by atoms with van der Waals surface area (Å²) in [4.78, 5) is 23.1. The lowest BCUT2D eigenvalue weighted by Gasteiger charge is -2.16. The summed E-state index contributed by atoms with van der Waals surface area (Å²) in [6.07, 6.45) is -1.34. The molecule has 0 aromatic heterocycles. The lowest BCUT2D eigenvalue weighted by Crippen LogP contribution is -2.16. The van der Waals surface area contributed by atoms with Crippen molar-refractivity contribution in [3.63, 3.8) is 0 Å². The molecule has 0 saturated heterocycles. The SMILES string of the molecule is C=C(C)C(=O)OCCOc1ccc(-c2ccc(OC(O)C(=C)C)c(F)c2)c(OCCOC(=O)C(=C)C)c1. The second kappa shape index (κ2) is 13.8.